The molecule has 6 nitrogen and oxygen atoms in total. The second-order valence-electron chi connectivity index (χ2n) is 6.48. The van der Waals surface area contributed by atoms with Crippen LogP contribution in [0.2, 0.25) is 5.02 Å². The van der Waals surface area contributed by atoms with E-state index < -0.39 is 11.9 Å². The highest BCUT2D eigenvalue weighted by molar-refractivity contribution is 9.10. The van der Waals surface area contributed by atoms with E-state index in [9.17, 15) is 9.59 Å². The van der Waals surface area contributed by atoms with Gasteiger partial charge >= 0.3 is 5.97 Å². The van der Waals surface area contributed by atoms with Crippen LogP contribution in [0.15, 0.2) is 62.8 Å². The van der Waals surface area contributed by atoms with Gasteiger partial charge in [-0.2, -0.15) is 0 Å². The molecule has 2 aromatic heterocycles. The van der Waals surface area contributed by atoms with Crippen LogP contribution in [0.3, 0.4) is 0 Å². The van der Waals surface area contributed by atoms with Crippen molar-refractivity contribution in [2.24, 2.45) is 0 Å². The van der Waals surface area contributed by atoms with E-state index >= 15 is 0 Å². The molecule has 0 saturated carbocycles. The minimum atomic E-state index is -0.579. The number of nitrogens with one attached hydrogen (secondary N) is 2. The quantitative estimate of drug-likeness (QED) is 0.320. The van der Waals surface area contributed by atoms with Gasteiger partial charge in [0.25, 0.3) is 5.91 Å². The summed E-state index contributed by atoms with van der Waals surface area (Å²) < 4.78 is 11.3. The molecule has 0 aliphatic heterocycles. The van der Waals surface area contributed by atoms with Crippen LogP contribution in [-0.4, -0.2) is 19.0 Å². The number of benzene rings is 2. The first-order chi connectivity index (χ1) is 14.9. The molecule has 2 N–H and O–H groups in total. The van der Waals surface area contributed by atoms with Gasteiger partial charge in [-0.05, 0) is 42.0 Å². The zero-order chi connectivity index (χ0) is 22.1. The Morgan fingerprint density at radius 2 is 1.90 bits per heavy atom. The molecule has 0 spiro atoms. The number of thiophene rings is 1. The molecule has 0 aliphatic carbocycles. The van der Waals surface area contributed by atoms with Gasteiger partial charge < -0.3 is 14.5 Å². The van der Waals surface area contributed by atoms with E-state index in [4.69, 9.17) is 26.2 Å². The summed E-state index contributed by atoms with van der Waals surface area (Å²) in [5, 5.41) is 14.0. The molecule has 1 amide bonds. The zero-order valence-electron chi connectivity index (χ0n) is 16.0. The fourth-order valence-electron chi connectivity index (χ4n) is 3.05. The predicted molar refractivity (Wildman–Crippen MR) is 124 cm³/mol. The third kappa shape index (κ3) is 4.27. The molecule has 0 saturated heterocycles. The smallest absolute Gasteiger partial charge is 0.341 e. The number of methoxy groups -OCH3 is 1. The molecular formula is C22H14BrClN2O4S. The monoisotopic (exact) mass is 516 g/mol. The molecular weight excluding hydrogens is 504 g/mol. The highest BCUT2D eigenvalue weighted by Crippen LogP contribution is 2.36. The summed E-state index contributed by atoms with van der Waals surface area (Å²) in [6.07, 6.45) is 0. The van der Waals surface area contributed by atoms with Crippen molar-refractivity contribution in [3.05, 3.63) is 80.1 Å². The number of hydrogen-bond acceptors (Lipinski definition) is 6. The summed E-state index contributed by atoms with van der Waals surface area (Å²) in [6.45, 7) is 0. The lowest BCUT2D eigenvalue weighted by Crippen LogP contribution is -2.21. The van der Waals surface area contributed by atoms with Crippen LogP contribution in [0.25, 0.3) is 22.1 Å². The summed E-state index contributed by atoms with van der Waals surface area (Å²) in [5.74, 6) is -1.15. The summed E-state index contributed by atoms with van der Waals surface area (Å²) in [6, 6.07) is 13.9. The van der Waals surface area contributed by atoms with Crippen molar-refractivity contribution in [2.75, 3.05) is 12.4 Å². The van der Waals surface area contributed by atoms with Gasteiger partial charge in [0, 0.05) is 25.8 Å². The Bertz CT molecular complexity index is 1380. The van der Waals surface area contributed by atoms with E-state index in [2.05, 4.69) is 21.2 Å². The van der Waals surface area contributed by atoms with Gasteiger partial charge in [0.15, 0.2) is 0 Å². The van der Waals surface area contributed by atoms with Crippen molar-refractivity contribution in [1.82, 2.24) is 0 Å². The first kappa shape index (κ1) is 21.3. The molecule has 31 heavy (non-hydrogen) atoms. The molecule has 0 aliphatic rings. The third-order valence-electron chi connectivity index (χ3n) is 4.54. The number of ether oxygens (including phenoxy) is 1. The fraction of sp³-hybridized carbons (Fsp3) is 0.0455. The summed E-state index contributed by atoms with van der Waals surface area (Å²) in [7, 11) is 1.28. The predicted octanol–water partition coefficient (Wildman–Crippen LogP) is 6.10. The Kier molecular flexibility index (Phi) is 5.95. The maximum absolute atomic E-state index is 12.9. The number of halogens is 2. The number of carbonyl (C=O) groups excluding carboxylic acids is 2. The van der Waals surface area contributed by atoms with Crippen molar-refractivity contribution in [1.29, 1.82) is 5.41 Å². The van der Waals surface area contributed by atoms with Gasteiger partial charge in [0.1, 0.15) is 21.7 Å². The number of esters is 1. The Labute approximate surface area is 194 Å². The van der Waals surface area contributed by atoms with Crippen molar-refractivity contribution in [3.8, 4) is 11.1 Å². The van der Waals surface area contributed by atoms with Crippen molar-refractivity contribution >= 4 is 66.7 Å². The van der Waals surface area contributed by atoms with Crippen LogP contribution in [0, 0.1) is 5.41 Å². The number of carbonyl (C=O) groups is 2. The Morgan fingerprint density at radius 3 is 2.61 bits per heavy atom. The van der Waals surface area contributed by atoms with Crippen molar-refractivity contribution < 1.29 is 18.7 Å². The molecule has 0 radical (unpaired) electrons. The minimum absolute atomic E-state index is 0.0178. The molecule has 2 heterocycles. The lowest BCUT2D eigenvalue weighted by molar-refractivity contribution is 0.0603. The van der Waals surface area contributed by atoms with E-state index in [-0.39, 0.29) is 16.7 Å². The van der Waals surface area contributed by atoms with Crippen LogP contribution in [0.5, 0.6) is 0 Å². The number of anilines is 1. The molecule has 0 bridgehead atoms. The van der Waals surface area contributed by atoms with E-state index in [0.29, 0.717) is 26.6 Å². The topological polar surface area (TPSA) is 92.4 Å². The molecule has 156 valence electrons. The number of amides is 1. The van der Waals surface area contributed by atoms with Crippen LogP contribution in [0.1, 0.15) is 20.7 Å². The Hall–Kier alpha value is -2.94. The van der Waals surface area contributed by atoms with Crippen LogP contribution >= 0.6 is 38.9 Å². The third-order valence-corrected chi connectivity index (χ3v) is 6.19. The lowest BCUT2D eigenvalue weighted by atomic mass is 10.0. The largest absolute Gasteiger partial charge is 0.465 e. The minimum Gasteiger partial charge on any atom is -0.465 e. The van der Waals surface area contributed by atoms with Crippen LogP contribution in [0.4, 0.5) is 5.00 Å². The van der Waals surface area contributed by atoms with Crippen molar-refractivity contribution in [3.63, 3.8) is 0 Å². The maximum Gasteiger partial charge on any atom is 0.341 e. The average Bonchev–Trinajstić information content (AvgIpc) is 3.16. The summed E-state index contributed by atoms with van der Waals surface area (Å²) in [5.41, 5.74) is 1.85. The number of hydrogen-bond donors (Lipinski definition) is 2. The summed E-state index contributed by atoms with van der Waals surface area (Å²) in [4.78, 5) is 25.4. The lowest BCUT2D eigenvalue weighted by Gasteiger charge is -2.08. The normalized spacial score (nSPS) is 10.8. The first-order valence-corrected chi connectivity index (χ1v) is 11.0. The van der Waals surface area contributed by atoms with Gasteiger partial charge in [-0.3, -0.25) is 10.2 Å². The zero-order valence-corrected chi connectivity index (χ0v) is 19.2. The van der Waals surface area contributed by atoms with Crippen LogP contribution < -0.4 is 10.9 Å². The Morgan fingerprint density at radius 1 is 1.16 bits per heavy atom. The Balaban J connectivity index is 1.74. The van der Waals surface area contributed by atoms with Gasteiger partial charge in [-0.15, -0.1) is 11.3 Å². The van der Waals surface area contributed by atoms with E-state index in [1.807, 2.05) is 24.3 Å². The van der Waals surface area contributed by atoms with Gasteiger partial charge in [-0.25, -0.2) is 4.79 Å². The fourth-order valence-corrected chi connectivity index (χ4v) is 4.44. The van der Waals surface area contributed by atoms with E-state index in [0.717, 1.165) is 10.0 Å². The molecule has 9 heteroatoms. The molecule has 0 fully saturated rings. The van der Waals surface area contributed by atoms with Gasteiger partial charge in [-0.1, -0.05) is 39.7 Å². The molecule has 0 atom stereocenters. The number of rotatable bonds is 4. The SMILES string of the molecule is COC(=O)c1c(-c2ccc(Br)cc2)csc1NC(=O)c1cc2cc(Cl)ccc2oc1=N. The maximum atomic E-state index is 12.9. The molecule has 0 unspecified atom stereocenters. The molecule has 2 aromatic carbocycles. The molecule has 4 rings (SSSR count). The summed E-state index contributed by atoms with van der Waals surface area (Å²) >= 11 is 10.6. The highest BCUT2D eigenvalue weighted by Gasteiger charge is 2.23. The van der Waals surface area contributed by atoms with Gasteiger partial charge in [0.2, 0.25) is 5.55 Å². The molecule has 4 aromatic rings. The van der Waals surface area contributed by atoms with E-state index in [1.165, 1.54) is 24.5 Å². The number of fused-ring (bicyclic) bond motifs is 1. The standard InChI is InChI=1S/C22H14BrClN2O4S/c1-29-22(28)18-16(11-2-4-13(23)5-3-11)10-31-21(18)26-20(27)15-9-12-8-14(24)6-7-17(12)30-19(15)25/h2-10,25H,1H3,(H,26,27). The van der Waals surface area contributed by atoms with E-state index in [1.54, 1.807) is 23.6 Å². The van der Waals surface area contributed by atoms with Crippen LogP contribution in [-0.2, 0) is 4.74 Å². The first-order valence-electron chi connectivity index (χ1n) is 8.92. The average molecular weight is 518 g/mol. The second-order valence-corrected chi connectivity index (χ2v) is 8.71. The van der Waals surface area contributed by atoms with Gasteiger partial charge in [0.05, 0.1) is 7.11 Å². The highest BCUT2D eigenvalue weighted by atomic mass is 79.9. The van der Waals surface area contributed by atoms with Crippen molar-refractivity contribution in [2.45, 2.75) is 0 Å². The second kappa shape index (κ2) is 8.66.